The van der Waals surface area contributed by atoms with Gasteiger partial charge >= 0.3 is 5.97 Å². The molecule has 3 atom stereocenters. The van der Waals surface area contributed by atoms with Crippen molar-refractivity contribution >= 4 is 17.8 Å². The van der Waals surface area contributed by atoms with Gasteiger partial charge in [0.1, 0.15) is 12.2 Å². The maximum absolute atomic E-state index is 13.7. The van der Waals surface area contributed by atoms with Crippen molar-refractivity contribution < 1.29 is 23.9 Å². The van der Waals surface area contributed by atoms with Gasteiger partial charge < -0.3 is 14.3 Å². The number of carbonyl (C=O) groups is 2. The van der Waals surface area contributed by atoms with E-state index in [0.717, 1.165) is 25.7 Å². The van der Waals surface area contributed by atoms with Gasteiger partial charge in [0.15, 0.2) is 5.54 Å². The topological polar surface area (TPSA) is 80.7 Å². The van der Waals surface area contributed by atoms with E-state index in [0.29, 0.717) is 43.4 Å². The number of hydroxylamine groups is 2. The fourth-order valence-corrected chi connectivity index (χ4v) is 4.43. The highest BCUT2D eigenvalue weighted by Crippen LogP contribution is 2.49. The molecule has 1 amide bonds. The Bertz CT molecular complexity index is 777. The maximum Gasteiger partial charge on any atom is 0.335 e. The zero-order valence-corrected chi connectivity index (χ0v) is 19.2. The minimum atomic E-state index is -1.11. The molecule has 0 aromatic carbocycles. The van der Waals surface area contributed by atoms with Crippen molar-refractivity contribution in [3.8, 4) is 0 Å². The van der Waals surface area contributed by atoms with Crippen LogP contribution >= 0.6 is 0 Å². The molecule has 3 rings (SSSR count). The van der Waals surface area contributed by atoms with Crippen molar-refractivity contribution in [3.63, 3.8) is 0 Å². The zero-order valence-electron chi connectivity index (χ0n) is 19.2. The van der Waals surface area contributed by atoms with Crippen molar-refractivity contribution in [1.29, 1.82) is 0 Å². The fourth-order valence-electron chi connectivity index (χ4n) is 4.43. The van der Waals surface area contributed by atoms with Crippen LogP contribution in [0.4, 0.5) is 0 Å². The summed E-state index contributed by atoms with van der Waals surface area (Å²) < 4.78 is 12.4. The van der Waals surface area contributed by atoms with Crippen LogP contribution in [0.2, 0.25) is 0 Å². The minimum absolute atomic E-state index is 0.00330. The van der Waals surface area contributed by atoms with Gasteiger partial charge in [-0.15, -0.1) is 0 Å². The van der Waals surface area contributed by atoms with Gasteiger partial charge in [0.25, 0.3) is 5.91 Å². The van der Waals surface area contributed by atoms with E-state index < -0.39 is 23.7 Å². The van der Waals surface area contributed by atoms with Gasteiger partial charge in [-0.1, -0.05) is 34.3 Å². The number of carbonyl (C=O) groups excluding carboxylic acids is 2. The first kappa shape index (κ1) is 23.5. The summed E-state index contributed by atoms with van der Waals surface area (Å²) >= 11 is 0. The van der Waals surface area contributed by atoms with Crippen LogP contribution < -0.4 is 0 Å². The van der Waals surface area contributed by atoms with Crippen LogP contribution in [0.1, 0.15) is 59.8 Å². The monoisotopic (exact) mass is 433 g/mol. The molecule has 0 bridgehead atoms. The lowest BCUT2D eigenvalue weighted by molar-refractivity contribution is -0.189. The highest BCUT2D eigenvalue weighted by molar-refractivity contribution is 6.12. The highest BCUT2D eigenvalue weighted by Gasteiger charge is 2.67. The second kappa shape index (κ2) is 9.96. The smallest absolute Gasteiger partial charge is 0.335 e. The number of aliphatic imine (C=N–C) groups is 1. The van der Waals surface area contributed by atoms with Gasteiger partial charge in [-0.05, 0) is 37.3 Å². The number of amides is 1. The molecular weight excluding hydrogens is 398 g/mol. The highest BCUT2D eigenvalue weighted by atomic mass is 16.7. The summed E-state index contributed by atoms with van der Waals surface area (Å²) in [5.74, 6) is -0.205. The Hall–Kier alpha value is -2.19. The summed E-state index contributed by atoms with van der Waals surface area (Å²) in [4.78, 5) is 38.4. The molecule has 2 fully saturated rings. The predicted octanol–water partition coefficient (Wildman–Crippen LogP) is 2.99. The van der Waals surface area contributed by atoms with Crippen LogP contribution in [0, 0.1) is 0 Å². The molecule has 8 nitrogen and oxygen atoms in total. The minimum Gasteiger partial charge on any atom is -0.372 e. The Morgan fingerprint density at radius 1 is 1.13 bits per heavy atom. The lowest BCUT2D eigenvalue weighted by Gasteiger charge is -2.52. The van der Waals surface area contributed by atoms with E-state index in [-0.39, 0.29) is 12.3 Å². The molecule has 0 unspecified atom stereocenters. The Morgan fingerprint density at radius 2 is 1.84 bits per heavy atom. The maximum atomic E-state index is 13.7. The van der Waals surface area contributed by atoms with Crippen molar-refractivity contribution in [1.82, 2.24) is 9.96 Å². The van der Waals surface area contributed by atoms with E-state index >= 15 is 0 Å². The number of hydrogen-bond donors (Lipinski definition) is 0. The first-order valence-corrected chi connectivity index (χ1v) is 11.5. The molecule has 3 aliphatic rings. The van der Waals surface area contributed by atoms with Crippen molar-refractivity contribution in [3.05, 3.63) is 23.8 Å². The Morgan fingerprint density at radius 3 is 2.48 bits per heavy atom. The van der Waals surface area contributed by atoms with Crippen LogP contribution in [-0.4, -0.2) is 71.8 Å². The van der Waals surface area contributed by atoms with E-state index in [1.165, 1.54) is 5.06 Å². The van der Waals surface area contributed by atoms with Gasteiger partial charge in [0.05, 0.1) is 12.0 Å². The molecule has 0 aromatic rings. The van der Waals surface area contributed by atoms with Gasteiger partial charge in [-0.3, -0.25) is 14.7 Å². The Balaban J connectivity index is 2.19. The molecule has 2 aliphatic heterocycles. The zero-order chi connectivity index (χ0) is 22.6. The Labute approximate surface area is 184 Å². The van der Waals surface area contributed by atoms with Gasteiger partial charge in [0.2, 0.25) is 5.96 Å². The van der Waals surface area contributed by atoms with Gasteiger partial charge in [0, 0.05) is 26.3 Å². The fraction of sp³-hybridized carbons (Fsp3) is 0.696. The van der Waals surface area contributed by atoms with Crippen LogP contribution in [0.3, 0.4) is 0 Å². The summed E-state index contributed by atoms with van der Waals surface area (Å²) in [5, 5.41) is 1.53. The molecular formula is C23H35N3O5. The second-order valence-electron chi connectivity index (χ2n) is 8.21. The summed E-state index contributed by atoms with van der Waals surface area (Å²) in [6.07, 6.45) is 3.86. The van der Waals surface area contributed by atoms with Crippen molar-refractivity contribution in [2.45, 2.75) is 77.5 Å². The normalized spacial score (nSPS) is 29.2. The SMILES string of the molecule is C=C1C=C2C(=O)N(CCC)C(=NCCC)N3OC(=O)C[C@]23[C@H](OCCC)[C@@H]1OCCC. The van der Waals surface area contributed by atoms with E-state index in [4.69, 9.17) is 14.3 Å². The second-order valence-corrected chi connectivity index (χ2v) is 8.21. The van der Waals surface area contributed by atoms with Crippen LogP contribution in [0.5, 0.6) is 0 Å². The molecule has 1 aliphatic carbocycles. The number of rotatable bonds is 10. The van der Waals surface area contributed by atoms with Crippen molar-refractivity contribution in [2.24, 2.45) is 4.99 Å². The first-order valence-electron chi connectivity index (χ1n) is 11.5. The molecule has 1 spiro atoms. The standard InChI is InChI=1S/C23H35N3O5/c1-6-10-24-22-25(11-7-2)21(28)17-14-16(5)19(29-12-8-3)20(30-13-9-4)23(17)15-18(27)31-26(22)23/h14,19-20H,5-13,15H2,1-4H3/t19-,20-,23-/m1/s1. The number of nitrogens with zero attached hydrogens (tertiary/aromatic N) is 3. The molecule has 0 saturated carbocycles. The van der Waals surface area contributed by atoms with Gasteiger partial charge in [-0.25, -0.2) is 4.79 Å². The summed E-state index contributed by atoms with van der Waals surface area (Å²) in [6, 6.07) is 0. The molecule has 8 heteroatoms. The summed E-state index contributed by atoms with van der Waals surface area (Å²) in [5.41, 5.74) is 0.0256. The predicted molar refractivity (Wildman–Crippen MR) is 117 cm³/mol. The quantitative estimate of drug-likeness (QED) is 0.527. The van der Waals surface area contributed by atoms with E-state index in [1.807, 2.05) is 27.7 Å². The molecule has 0 aromatic heterocycles. The van der Waals surface area contributed by atoms with E-state index in [2.05, 4.69) is 11.6 Å². The average Bonchev–Trinajstić information content (AvgIpc) is 3.09. The molecule has 2 saturated heterocycles. The first-order chi connectivity index (χ1) is 15.0. The van der Waals surface area contributed by atoms with E-state index in [9.17, 15) is 9.59 Å². The Kier molecular flexibility index (Phi) is 7.54. The molecule has 0 N–H and O–H groups in total. The third-order valence-electron chi connectivity index (χ3n) is 5.70. The number of guanidine groups is 1. The molecule has 0 radical (unpaired) electrons. The lowest BCUT2D eigenvalue weighted by Crippen LogP contribution is -2.71. The molecule has 2 heterocycles. The summed E-state index contributed by atoms with van der Waals surface area (Å²) in [6.45, 7) is 14.2. The third kappa shape index (κ3) is 4.03. The van der Waals surface area contributed by atoms with Crippen LogP contribution in [0.15, 0.2) is 28.8 Å². The summed E-state index contributed by atoms with van der Waals surface area (Å²) in [7, 11) is 0. The van der Waals surface area contributed by atoms with Crippen LogP contribution in [-0.2, 0) is 23.9 Å². The van der Waals surface area contributed by atoms with E-state index in [1.54, 1.807) is 11.0 Å². The molecule has 31 heavy (non-hydrogen) atoms. The molecule has 172 valence electrons. The largest absolute Gasteiger partial charge is 0.372 e. The third-order valence-corrected chi connectivity index (χ3v) is 5.70. The number of hydrogen-bond acceptors (Lipinski definition) is 6. The average molecular weight is 434 g/mol. The lowest BCUT2D eigenvalue weighted by atomic mass is 9.71. The van der Waals surface area contributed by atoms with Crippen molar-refractivity contribution in [2.75, 3.05) is 26.3 Å². The number of ether oxygens (including phenoxy) is 2. The van der Waals surface area contributed by atoms with Crippen LogP contribution in [0.25, 0.3) is 0 Å². The van der Waals surface area contributed by atoms with Gasteiger partial charge in [-0.2, -0.15) is 5.06 Å².